The Balaban J connectivity index is 1.81. The van der Waals surface area contributed by atoms with E-state index < -0.39 is 0 Å². The van der Waals surface area contributed by atoms with Gasteiger partial charge in [-0.25, -0.2) is 0 Å². The van der Waals surface area contributed by atoms with Crippen molar-refractivity contribution in [2.24, 2.45) is 11.8 Å². The molecule has 6 heteroatoms. The van der Waals surface area contributed by atoms with Gasteiger partial charge >= 0.3 is 0 Å². The molecule has 0 fully saturated rings. The van der Waals surface area contributed by atoms with Crippen LogP contribution in [0.2, 0.25) is 0 Å². The number of carbonyl (C=O) groups excluding carboxylic acids is 2. The van der Waals surface area contributed by atoms with Crippen molar-refractivity contribution in [1.82, 2.24) is 9.80 Å². The van der Waals surface area contributed by atoms with E-state index in [0.717, 1.165) is 72.5 Å². The zero-order valence-electron chi connectivity index (χ0n) is 31.1. The molecule has 2 aromatic heterocycles. The van der Waals surface area contributed by atoms with Gasteiger partial charge in [-0.2, -0.15) is 0 Å². The van der Waals surface area contributed by atoms with Crippen molar-refractivity contribution < 1.29 is 9.59 Å². The molecule has 2 aromatic rings. The number of hydrogen-bond donors (Lipinski definition) is 0. The van der Waals surface area contributed by atoms with Crippen LogP contribution in [-0.2, 0) is 22.4 Å². The summed E-state index contributed by atoms with van der Waals surface area (Å²) >= 11 is 3.44. The minimum Gasteiger partial charge on any atom is -0.306 e. The summed E-state index contributed by atoms with van der Waals surface area (Å²) in [6.07, 6.45) is 20.9. The van der Waals surface area contributed by atoms with E-state index in [-0.39, 0.29) is 11.8 Å². The quantitative estimate of drug-likeness (QED) is 0.103. The average Bonchev–Trinajstić information content (AvgIpc) is 3.87. The number of amides is 2. The molecule has 0 saturated heterocycles. The second-order valence-electron chi connectivity index (χ2n) is 14.4. The number of carbonyl (C=O) groups is 2. The van der Waals surface area contributed by atoms with Crippen LogP contribution in [0.1, 0.15) is 165 Å². The number of fused-ring (bicyclic) bond motifs is 1. The van der Waals surface area contributed by atoms with Gasteiger partial charge in [-0.3, -0.25) is 9.59 Å². The van der Waals surface area contributed by atoms with Crippen molar-refractivity contribution in [2.45, 2.75) is 157 Å². The van der Waals surface area contributed by atoms with Gasteiger partial charge in [0.2, 0.25) is 0 Å². The lowest BCUT2D eigenvalue weighted by Crippen LogP contribution is -2.34. The molecule has 4 heterocycles. The van der Waals surface area contributed by atoms with Crippen LogP contribution >= 0.6 is 22.7 Å². The van der Waals surface area contributed by atoms with Crippen molar-refractivity contribution in [1.29, 1.82) is 0 Å². The van der Waals surface area contributed by atoms with E-state index in [2.05, 4.69) is 64.4 Å². The summed E-state index contributed by atoms with van der Waals surface area (Å²) in [6, 6.07) is 4.58. The highest BCUT2D eigenvalue weighted by Gasteiger charge is 2.50. The maximum Gasteiger partial charge on any atom is 0.261 e. The maximum absolute atomic E-state index is 14.9. The van der Waals surface area contributed by atoms with E-state index in [1.54, 1.807) is 22.7 Å². The standard InChI is InChI=1S/C42H64N2O2S2/c1-7-13-17-19-23-33-25-35(47-29-33)39-37-38(42(46)43(39)27-31(11-5)21-15-9-3)40(36-26-34(30-48-36)24-20-18-14-8-2)44(41(37)45)28-32(12-6)22-16-10-4/h25-26,29-32H,7-24,27-28H2,1-6H3. The summed E-state index contributed by atoms with van der Waals surface area (Å²) in [5.41, 5.74) is 5.78. The molecule has 0 aromatic carbocycles. The smallest absolute Gasteiger partial charge is 0.261 e. The fraction of sp³-hybridized carbons (Fsp3) is 0.667. The van der Waals surface area contributed by atoms with Gasteiger partial charge < -0.3 is 9.80 Å². The summed E-state index contributed by atoms with van der Waals surface area (Å²) in [6.45, 7) is 14.9. The van der Waals surface area contributed by atoms with Gasteiger partial charge in [-0.1, -0.05) is 119 Å². The van der Waals surface area contributed by atoms with Gasteiger partial charge in [0.05, 0.1) is 32.3 Å². The van der Waals surface area contributed by atoms with E-state index >= 15 is 0 Å². The molecule has 0 saturated carbocycles. The second kappa shape index (κ2) is 19.9. The molecule has 2 aliphatic heterocycles. The van der Waals surface area contributed by atoms with Crippen LogP contribution in [0.5, 0.6) is 0 Å². The number of unbranched alkanes of at least 4 members (excludes halogenated alkanes) is 8. The van der Waals surface area contributed by atoms with Gasteiger partial charge in [0, 0.05) is 13.1 Å². The van der Waals surface area contributed by atoms with Crippen molar-refractivity contribution in [3.05, 3.63) is 54.9 Å². The fourth-order valence-electron chi connectivity index (χ4n) is 7.38. The van der Waals surface area contributed by atoms with Crippen LogP contribution in [0.3, 0.4) is 0 Å². The van der Waals surface area contributed by atoms with Gasteiger partial charge in [-0.15, -0.1) is 22.7 Å². The Bertz CT molecular complexity index is 1280. The highest BCUT2D eigenvalue weighted by atomic mass is 32.1. The molecule has 266 valence electrons. The molecular formula is C42H64N2O2S2. The first-order valence-corrected chi connectivity index (χ1v) is 21.5. The lowest BCUT2D eigenvalue weighted by atomic mass is 9.98. The Morgan fingerprint density at radius 1 is 0.542 bits per heavy atom. The zero-order valence-corrected chi connectivity index (χ0v) is 32.8. The normalized spacial score (nSPS) is 16.2. The van der Waals surface area contributed by atoms with E-state index in [1.165, 1.54) is 75.3 Å². The highest BCUT2D eigenvalue weighted by molar-refractivity contribution is 7.11. The van der Waals surface area contributed by atoms with Gasteiger partial charge in [0.1, 0.15) is 0 Å². The third-order valence-corrected chi connectivity index (χ3v) is 12.5. The minimum absolute atomic E-state index is 0.0400. The molecule has 0 N–H and O–H groups in total. The molecule has 2 atom stereocenters. The molecule has 2 amide bonds. The monoisotopic (exact) mass is 692 g/mol. The van der Waals surface area contributed by atoms with Crippen LogP contribution in [0, 0.1) is 11.8 Å². The van der Waals surface area contributed by atoms with Gasteiger partial charge in [0.15, 0.2) is 0 Å². The minimum atomic E-state index is 0.0400. The van der Waals surface area contributed by atoms with Crippen molar-refractivity contribution in [3.63, 3.8) is 0 Å². The van der Waals surface area contributed by atoms with Crippen molar-refractivity contribution in [3.8, 4) is 0 Å². The number of rotatable bonds is 24. The topological polar surface area (TPSA) is 40.6 Å². The maximum atomic E-state index is 14.9. The molecule has 0 bridgehead atoms. The van der Waals surface area contributed by atoms with Gasteiger partial charge in [-0.05, 0) is 84.4 Å². The molecule has 2 unspecified atom stereocenters. The molecule has 0 radical (unpaired) electrons. The summed E-state index contributed by atoms with van der Waals surface area (Å²) < 4.78 is 0. The Morgan fingerprint density at radius 3 is 1.29 bits per heavy atom. The third kappa shape index (κ3) is 9.53. The third-order valence-electron chi connectivity index (χ3n) is 10.6. The first-order valence-electron chi connectivity index (χ1n) is 19.7. The molecular weight excluding hydrogens is 629 g/mol. The molecule has 4 nitrogen and oxygen atoms in total. The van der Waals surface area contributed by atoms with E-state index in [0.29, 0.717) is 36.1 Å². The molecule has 0 aliphatic carbocycles. The van der Waals surface area contributed by atoms with Crippen LogP contribution in [0.15, 0.2) is 34.0 Å². The Morgan fingerprint density at radius 2 is 0.938 bits per heavy atom. The van der Waals surface area contributed by atoms with Gasteiger partial charge in [0.25, 0.3) is 11.8 Å². The molecule has 48 heavy (non-hydrogen) atoms. The predicted octanol–water partition coefficient (Wildman–Crippen LogP) is 12.3. The number of nitrogens with zero attached hydrogens (tertiary/aromatic N) is 2. The largest absolute Gasteiger partial charge is 0.306 e. The van der Waals surface area contributed by atoms with E-state index in [1.807, 2.05) is 9.80 Å². The number of hydrogen-bond acceptors (Lipinski definition) is 4. The van der Waals surface area contributed by atoms with Crippen molar-refractivity contribution in [2.75, 3.05) is 13.1 Å². The van der Waals surface area contributed by atoms with Crippen LogP contribution in [0.25, 0.3) is 11.4 Å². The van der Waals surface area contributed by atoms with E-state index in [4.69, 9.17) is 0 Å². The summed E-state index contributed by atoms with van der Waals surface area (Å²) in [7, 11) is 0. The first kappa shape index (κ1) is 38.6. The Labute approximate surface area is 301 Å². The van der Waals surface area contributed by atoms with Crippen LogP contribution < -0.4 is 0 Å². The summed E-state index contributed by atoms with van der Waals surface area (Å²) in [4.78, 5) is 35.9. The lowest BCUT2D eigenvalue weighted by molar-refractivity contribution is -0.124. The average molecular weight is 693 g/mol. The lowest BCUT2D eigenvalue weighted by Gasteiger charge is -2.29. The predicted molar refractivity (Wildman–Crippen MR) is 208 cm³/mol. The molecule has 0 spiro atoms. The van der Waals surface area contributed by atoms with Crippen LogP contribution in [-0.4, -0.2) is 34.7 Å². The first-order chi connectivity index (χ1) is 23.4. The summed E-state index contributed by atoms with van der Waals surface area (Å²) in [5, 5.41) is 4.54. The molecule has 2 aliphatic rings. The summed E-state index contributed by atoms with van der Waals surface area (Å²) in [5.74, 6) is 0.917. The molecule has 4 rings (SSSR count). The Hall–Kier alpha value is -2.18. The SMILES string of the molecule is CCCCCCc1csc(C2=C3C(=O)N(CC(CC)CCCC)C(c4cc(CCCCCC)cs4)=C3C(=O)N2CC(CC)CCCC)c1. The Kier molecular flexibility index (Phi) is 16.0. The number of thiophene rings is 2. The highest BCUT2D eigenvalue weighted by Crippen LogP contribution is 2.49. The van der Waals surface area contributed by atoms with Crippen molar-refractivity contribution >= 4 is 45.9 Å². The van der Waals surface area contributed by atoms with E-state index in [9.17, 15) is 9.59 Å². The second-order valence-corrected chi connectivity index (χ2v) is 16.2. The number of aryl methyl sites for hydroxylation is 2. The fourth-order valence-corrected chi connectivity index (χ4v) is 9.40. The van der Waals surface area contributed by atoms with Crippen LogP contribution in [0.4, 0.5) is 0 Å². The zero-order chi connectivity index (χ0) is 34.5.